The van der Waals surface area contributed by atoms with Crippen LogP contribution in [0.25, 0.3) is 0 Å². The molecular formula is C15H21ClO3. The molecule has 0 fully saturated rings. The van der Waals surface area contributed by atoms with Gasteiger partial charge in [-0.1, -0.05) is 26.7 Å². The lowest BCUT2D eigenvalue weighted by molar-refractivity contribution is 0.107. The van der Waals surface area contributed by atoms with E-state index in [-0.39, 0.29) is 0 Å². The Bertz CT molecular complexity index is 404. The van der Waals surface area contributed by atoms with E-state index in [4.69, 9.17) is 21.1 Å². The fraction of sp³-hybridized carbons (Fsp3) is 0.533. The molecule has 0 aliphatic carbocycles. The molecule has 0 aliphatic rings. The monoisotopic (exact) mass is 284 g/mol. The molecule has 0 bridgehead atoms. The van der Waals surface area contributed by atoms with Gasteiger partial charge in [-0.05, 0) is 36.6 Å². The molecule has 0 unspecified atom stereocenters. The van der Waals surface area contributed by atoms with Crippen molar-refractivity contribution in [3.63, 3.8) is 0 Å². The van der Waals surface area contributed by atoms with Gasteiger partial charge in [0.1, 0.15) is 11.5 Å². The van der Waals surface area contributed by atoms with Crippen molar-refractivity contribution in [2.45, 2.75) is 39.5 Å². The largest absolute Gasteiger partial charge is 0.493 e. The number of hydrogen-bond donors (Lipinski definition) is 0. The highest BCUT2D eigenvalue weighted by Crippen LogP contribution is 2.26. The number of hydrogen-bond acceptors (Lipinski definition) is 3. The number of ether oxygens (including phenoxy) is 2. The van der Waals surface area contributed by atoms with Crippen LogP contribution in [0, 0.1) is 0 Å². The number of rotatable bonds is 9. The first-order chi connectivity index (χ1) is 9.19. The Labute approximate surface area is 119 Å². The summed E-state index contributed by atoms with van der Waals surface area (Å²) in [5.41, 5.74) is 0.389. The number of benzene rings is 1. The molecule has 0 N–H and O–H groups in total. The minimum absolute atomic E-state index is 0.389. The lowest BCUT2D eigenvalue weighted by Gasteiger charge is -2.11. The van der Waals surface area contributed by atoms with E-state index in [1.807, 2.05) is 0 Å². The Kier molecular flexibility index (Phi) is 7.34. The predicted molar refractivity (Wildman–Crippen MR) is 77.4 cm³/mol. The van der Waals surface area contributed by atoms with Crippen LogP contribution in [0.2, 0.25) is 0 Å². The lowest BCUT2D eigenvalue weighted by Crippen LogP contribution is -2.03. The Morgan fingerprint density at radius 2 is 1.74 bits per heavy atom. The molecule has 106 valence electrons. The van der Waals surface area contributed by atoms with Crippen LogP contribution in [-0.4, -0.2) is 18.5 Å². The maximum absolute atomic E-state index is 11.3. The van der Waals surface area contributed by atoms with Crippen molar-refractivity contribution >= 4 is 16.8 Å². The Hall–Kier alpha value is -1.22. The first kappa shape index (κ1) is 15.8. The van der Waals surface area contributed by atoms with Crippen LogP contribution in [0.3, 0.4) is 0 Å². The van der Waals surface area contributed by atoms with Crippen LogP contribution in [-0.2, 0) is 0 Å². The Morgan fingerprint density at radius 1 is 1.11 bits per heavy atom. The van der Waals surface area contributed by atoms with Gasteiger partial charge in [0.25, 0.3) is 5.24 Å². The highest BCUT2D eigenvalue weighted by molar-refractivity contribution is 6.68. The molecule has 0 atom stereocenters. The van der Waals surface area contributed by atoms with Gasteiger partial charge >= 0.3 is 0 Å². The zero-order chi connectivity index (χ0) is 14.1. The smallest absolute Gasteiger partial charge is 0.256 e. The van der Waals surface area contributed by atoms with Gasteiger partial charge in [0.05, 0.1) is 18.8 Å². The van der Waals surface area contributed by atoms with E-state index < -0.39 is 5.24 Å². The third-order valence-corrected chi connectivity index (χ3v) is 2.89. The van der Waals surface area contributed by atoms with Crippen LogP contribution in [0.1, 0.15) is 49.9 Å². The van der Waals surface area contributed by atoms with Crippen molar-refractivity contribution in [3.8, 4) is 11.5 Å². The summed E-state index contributed by atoms with van der Waals surface area (Å²) in [6.07, 6.45) is 4.06. The zero-order valence-electron chi connectivity index (χ0n) is 11.6. The molecule has 1 rings (SSSR count). The molecule has 4 heteroatoms. The number of carbonyl (C=O) groups excluding carboxylic acids is 1. The zero-order valence-corrected chi connectivity index (χ0v) is 12.3. The summed E-state index contributed by atoms with van der Waals surface area (Å²) in [6, 6.07) is 5.14. The molecule has 0 aliphatic heterocycles. The maximum atomic E-state index is 11.3. The molecule has 3 nitrogen and oxygen atoms in total. The highest BCUT2D eigenvalue weighted by atomic mass is 35.5. The SMILES string of the molecule is CCCCOc1ccc(C(=O)Cl)c(OCCCC)c1. The molecule has 0 amide bonds. The normalized spacial score (nSPS) is 10.3. The van der Waals surface area contributed by atoms with Gasteiger partial charge in [-0.25, -0.2) is 0 Å². The summed E-state index contributed by atoms with van der Waals surface area (Å²) in [4.78, 5) is 11.3. The van der Waals surface area contributed by atoms with Gasteiger partial charge in [-0.15, -0.1) is 0 Å². The number of halogens is 1. The standard InChI is InChI=1S/C15H21ClO3/c1-3-5-9-18-12-7-8-13(15(16)17)14(11-12)19-10-6-4-2/h7-8,11H,3-6,9-10H2,1-2H3. The van der Waals surface area contributed by atoms with E-state index in [9.17, 15) is 4.79 Å². The summed E-state index contributed by atoms with van der Waals surface area (Å²) >= 11 is 5.54. The van der Waals surface area contributed by atoms with Crippen LogP contribution >= 0.6 is 11.6 Å². The van der Waals surface area contributed by atoms with Crippen LogP contribution in [0.15, 0.2) is 18.2 Å². The Balaban J connectivity index is 2.75. The van der Waals surface area contributed by atoms with Gasteiger partial charge in [0.15, 0.2) is 0 Å². The molecule has 1 aromatic rings. The van der Waals surface area contributed by atoms with E-state index in [2.05, 4.69) is 13.8 Å². The second-order valence-electron chi connectivity index (χ2n) is 4.34. The first-order valence-electron chi connectivity index (χ1n) is 6.78. The van der Waals surface area contributed by atoms with Gasteiger partial charge in [0.2, 0.25) is 0 Å². The minimum atomic E-state index is -0.508. The molecule has 0 heterocycles. The molecule has 19 heavy (non-hydrogen) atoms. The van der Waals surface area contributed by atoms with E-state index in [1.54, 1.807) is 18.2 Å². The second-order valence-corrected chi connectivity index (χ2v) is 4.68. The number of carbonyl (C=O) groups is 1. The quantitative estimate of drug-likeness (QED) is 0.497. The fourth-order valence-electron chi connectivity index (χ4n) is 1.54. The predicted octanol–water partition coefficient (Wildman–Crippen LogP) is 4.42. The maximum Gasteiger partial charge on any atom is 0.256 e. The van der Waals surface area contributed by atoms with Crippen molar-refractivity contribution < 1.29 is 14.3 Å². The third kappa shape index (κ3) is 5.52. The highest BCUT2D eigenvalue weighted by Gasteiger charge is 2.11. The summed E-state index contributed by atoms with van der Waals surface area (Å²) < 4.78 is 11.2. The van der Waals surface area contributed by atoms with Crippen LogP contribution < -0.4 is 9.47 Å². The fourth-order valence-corrected chi connectivity index (χ4v) is 1.69. The Morgan fingerprint density at radius 3 is 2.32 bits per heavy atom. The summed E-state index contributed by atoms with van der Waals surface area (Å²) in [5.74, 6) is 1.21. The average Bonchev–Trinajstić information content (AvgIpc) is 2.39. The van der Waals surface area contributed by atoms with Crippen molar-refractivity contribution in [3.05, 3.63) is 23.8 Å². The molecule has 0 aromatic heterocycles. The summed E-state index contributed by atoms with van der Waals surface area (Å²) in [6.45, 7) is 5.43. The van der Waals surface area contributed by atoms with Gasteiger partial charge in [-0.3, -0.25) is 4.79 Å². The van der Waals surface area contributed by atoms with E-state index in [0.717, 1.165) is 25.7 Å². The number of unbranched alkanes of at least 4 members (excludes halogenated alkanes) is 2. The molecule has 0 radical (unpaired) electrons. The molecule has 1 aromatic carbocycles. The topological polar surface area (TPSA) is 35.5 Å². The molecular weight excluding hydrogens is 264 g/mol. The van der Waals surface area contributed by atoms with E-state index >= 15 is 0 Å². The first-order valence-corrected chi connectivity index (χ1v) is 7.16. The minimum Gasteiger partial charge on any atom is -0.493 e. The molecule has 0 spiro atoms. The molecule has 0 saturated carbocycles. The van der Waals surface area contributed by atoms with Crippen molar-refractivity contribution in [2.75, 3.05) is 13.2 Å². The molecule has 0 saturated heterocycles. The van der Waals surface area contributed by atoms with Crippen molar-refractivity contribution in [2.24, 2.45) is 0 Å². The van der Waals surface area contributed by atoms with E-state index in [1.165, 1.54) is 0 Å². The van der Waals surface area contributed by atoms with Crippen molar-refractivity contribution in [1.29, 1.82) is 0 Å². The lowest BCUT2D eigenvalue weighted by atomic mass is 10.2. The summed E-state index contributed by atoms with van der Waals surface area (Å²) in [5, 5.41) is -0.508. The van der Waals surface area contributed by atoms with Crippen molar-refractivity contribution in [1.82, 2.24) is 0 Å². The average molecular weight is 285 g/mol. The van der Waals surface area contributed by atoms with Gasteiger partial charge < -0.3 is 9.47 Å². The second kappa shape index (κ2) is 8.81. The van der Waals surface area contributed by atoms with Gasteiger partial charge in [-0.2, -0.15) is 0 Å². The summed E-state index contributed by atoms with van der Waals surface area (Å²) in [7, 11) is 0. The third-order valence-electron chi connectivity index (χ3n) is 2.69. The van der Waals surface area contributed by atoms with Gasteiger partial charge in [0, 0.05) is 6.07 Å². The van der Waals surface area contributed by atoms with E-state index in [0.29, 0.717) is 30.3 Å². The van der Waals surface area contributed by atoms with Crippen LogP contribution in [0.5, 0.6) is 11.5 Å². The van der Waals surface area contributed by atoms with Crippen LogP contribution in [0.4, 0.5) is 0 Å².